The van der Waals surface area contributed by atoms with Gasteiger partial charge in [0.1, 0.15) is 11.3 Å². The fourth-order valence-corrected chi connectivity index (χ4v) is 2.63. The maximum atomic E-state index is 12.4. The van der Waals surface area contributed by atoms with Crippen molar-refractivity contribution in [3.63, 3.8) is 0 Å². The van der Waals surface area contributed by atoms with E-state index < -0.39 is 5.63 Å². The van der Waals surface area contributed by atoms with Crippen molar-refractivity contribution in [2.75, 3.05) is 14.2 Å². The largest absolute Gasteiger partial charge is 0.497 e. The van der Waals surface area contributed by atoms with Crippen molar-refractivity contribution < 1.29 is 18.3 Å². The van der Waals surface area contributed by atoms with Crippen LogP contribution in [0.25, 0.3) is 33.9 Å². The Morgan fingerprint density at radius 1 is 0.885 bits per heavy atom. The zero-order valence-electron chi connectivity index (χ0n) is 14.1. The van der Waals surface area contributed by atoms with E-state index >= 15 is 0 Å². The van der Waals surface area contributed by atoms with E-state index in [2.05, 4.69) is 10.2 Å². The van der Waals surface area contributed by atoms with Gasteiger partial charge in [-0.05, 0) is 30.3 Å². The molecular weight excluding hydrogens is 336 g/mol. The smallest absolute Gasteiger partial charge is 0.349 e. The van der Waals surface area contributed by atoms with Gasteiger partial charge in [0.15, 0.2) is 11.3 Å². The van der Waals surface area contributed by atoms with E-state index in [0.29, 0.717) is 28.0 Å². The first-order chi connectivity index (χ1) is 12.7. The van der Waals surface area contributed by atoms with Crippen molar-refractivity contribution in [2.24, 2.45) is 0 Å². The van der Waals surface area contributed by atoms with E-state index in [4.69, 9.17) is 18.3 Å². The Hall–Kier alpha value is -3.61. The molecule has 130 valence electrons. The zero-order valence-corrected chi connectivity index (χ0v) is 14.1. The van der Waals surface area contributed by atoms with Crippen molar-refractivity contribution in [1.29, 1.82) is 0 Å². The molecule has 0 aliphatic carbocycles. The third-order valence-corrected chi connectivity index (χ3v) is 3.92. The van der Waals surface area contributed by atoms with Gasteiger partial charge in [-0.1, -0.05) is 18.2 Å². The number of nitrogens with zero attached hydrogens (tertiary/aromatic N) is 2. The van der Waals surface area contributed by atoms with Crippen LogP contribution in [0.2, 0.25) is 0 Å². The summed E-state index contributed by atoms with van der Waals surface area (Å²) in [6.07, 6.45) is 0. The van der Waals surface area contributed by atoms with Crippen molar-refractivity contribution in [3.05, 3.63) is 59.0 Å². The average molecular weight is 350 g/mol. The summed E-state index contributed by atoms with van der Waals surface area (Å²) in [6, 6.07) is 14.2. The van der Waals surface area contributed by atoms with Gasteiger partial charge in [0, 0.05) is 10.9 Å². The van der Waals surface area contributed by atoms with Crippen LogP contribution in [0.15, 0.2) is 62.2 Å². The minimum absolute atomic E-state index is 0.0845. The summed E-state index contributed by atoms with van der Waals surface area (Å²) < 4.78 is 21.5. The maximum Gasteiger partial charge on any atom is 0.349 e. The second-order valence-corrected chi connectivity index (χ2v) is 5.47. The summed E-state index contributed by atoms with van der Waals surface area (Å²) in [6.45, 7) is 0. The van der Waals surface area contributed by atoms with Crippen LogP contribution >= 0.6 is 0 Å². The number of benzene rings is 2. The van der Waals surface area contributed by atoms with E-state index in [1.807, 2.05) is 24.3 Å². The number of aromatic nitrogens is 2. The summed E-state index contributed by atoms with van der Waals surface area (Å²) in [7, 11) is 3.09. The van der Waals surface area contributed by atoms with E-state index in [-0.39, 0.29) is 17.3 Å². The second-order valence-electron chi connectivity index (χ2n) is 5.47. The number of ether oxygens (including phenoxy) is 2. The van der Waals surface area contributed by atoms with Gasteiger partial charge in [-0.3, -0.25) is 0 Å². The quantitative estimate of drug-likeness (QED) is 0.520. The number of hydrogen-bond donors (Lipinski definition) is 0. The molecule has 7 heteroatoms. The topological polar surface area (TPSA) is 87.6 Å². The molecule has 2 aromatic carbocycles. The Kier molecular flexibility index (Phi) is 3.89. The molecule has 2 aromatic heterocycles. The molecule has 7 nitrogen and oxygen atoms in total. The highest BCUT2D eigenvalue weighted by molar-refractivity contribution is 5.85. The first-order valence-corrected chi connectivity index (χ1v) is 7.79. The summed E-state index contributed by atoms with van der Waals surface area (Å²) in [5, 5.41) is 8.69. The van der Waals surface area contributed by atoms with Crippen LogP contribution in [-0.2, 0) is 0 Å². The molecule has 0 atom stereocenters. The van der Waals surface area contributed by atoms with Crippen molar-refractivity contribution in [2.45, 2.75) is 0 Å². The number of rotatable bonds is 4. The third kappa shape index (κ3) is 2.69. The molecule has 0 saturated carbocycles. The lowest BCUT2D eigenvalue weighted by molar-refractivity contribution is 0.406. The fourth-order valence-electron chi connectivity index (χ4n) is 2.63. The van der Waals surface area contributed by atoms with Gasteiger partial charge in [-0.2, -0.15) is 0 Å². The first kappa shape index (κ1) is 15.9. The Morgan fingerprint density at radius 2 is 1.69 bits per heavy atom. The molecule has 4 rings (SSSR count). The molecule has 0 radical (unpaired) electrons. The molecule has 0 fully saturated rings. The lowest BCUT2D eigenvalue weighted by atomic mass is 10.2. The maximum absolute atomic E-state index is 12.4. The second kappa shape index (κ2) is 6.36. The molecule has 0 aliphatic heterocycles. The number of fused-ring (bicyclic) bond motifs is 1. The summed E-state index contributed by atoms with van der Waals surface area (Å²) in [5.41, 5.74) is 0.668. The van der Waals surface area contributed by atoms with E-state index in [9.17, 15) is 4.79 Å². The molecular formula is C19H14N2O5. The predicted octanol–water partition coefficient (Wildman–Crippen LogP) is 3.53. The van der Waals surface area contributed by atoms with Crippen LogP contribution in [0.5, 0.6) is 11.5 Å². The van der Waals surface area contributed by atoms with Gasteiger partial charge in [0.25, 0.3) is 5.89 Å². The van der Waals surface area contributed by atoms with Gasteiger partial charge in [0.05, 0.1) is 14.2 Å². The van der Waals surface area contributed by atoms with Gasteiger partial charge in [0.2, 0.25) is 5.89 Å². The Bertz CT molecular complexity index is 1150. The fraction of sp³-hybridized carbons (Fsp3) is 0.105. The molecule has 0 saturated heterocycles. The normalized spacial score (nSPS) is 10.8. The van der Waals surface area contributed by atoms with Gasteiger partial charge < -0.3 is 18.3 Å². The molecule has 26 heavy (non-hydrogen) atoms. The number of methoxy groups -OCH3 is 2. The Balaban J connectivity index is 1.80. The molecule has 0 amide bonds. The summed E-state index contributed by atoms with van der Waals surface area (Å²) >= 11 is 0. The molecule has 4 aromatic rings. The first-order valence-electron chi connectivity index (χ1n) is 7.79. The standard InChI is InChI=1S/C19H14N2O5/c1-23-13-7-3-6-12(9-13)17-20-21-18(26-17)14-10-11-5-4-8-15(24-2)16(11)25-19(14)22/h3-10H,1-2H3. The zero-order chi connectivity index (χ0) is 18.1. The van der Waals surface area contributed by atoms with Crippen molar-refractivity contribution >= 4 is 11.0 Å². The number of para-hydroxylation sites is 1. The highest BCUT2D eigenvalue weighted by Gasteiger charge is 2.17. The molecule has 2 heterocycles. The summed E-state index contributed by atoms with van der Waals surface area (Å²) in [4.78, 5) is 12.4. The van der Waals surface area contributed by atoms with E-state index in [1.54, 1.807) is 31.4 Å². The van der Waals surface area contributed by atoms with E-state index in [0.717, 1.165) is 0 Å². The van der Waals surface area contributed by atoms with Crippen LogP contribution in [0.1, 0.15) is 0 Å². The van der Waals surface area contributed by atoms with Crippen LogP contribution < -0.4 is 15.1 Å². The molecule has 0 aliphatic rings. The molecule has 0 bridgehead atoms. The van der Waals surface area contributed by atoms with Crippen molar-refractivity contribution in [3.8, 4) is 34.4 Å². The average Bonchev–Trinajstić information content (AvgIpc) is 3.17. The van der Waals surface area contributed by atoms with Gasteiger partial charge in [-0.25, -0.2) is 4.79 Å². The highest BCUT2D eigenvalue weighted by atomic mass is 16.5. The third-order valence-electron chi connectivity index (χ3n) is 3.92. The van der Waals surface area contributed by atoms with Crippen LogP contribution in [0.4, 0.5) is 0 Å². The minimum Gasteiger partial charge on any atom is -0.497 e. The van der Waals surface area contributed by atoms with Crippen molar-refractivity contribution in [1.82, 2.24) is 10.2 Å². The monoisotopic (exact) mass is 350 g/mol. The molecule has 0 unspecified atom stereocenters. The Morgan fingerprint density at radius 3 is 2.50 bits per heavy atom. The molecule has 0 N–H and O–H groups in total. The highest BCUT2D eigenvalue weighted by Crippen LogP contribution is 2.29. The SMILES string of the molecule is COc1cccc(-c2nnc(-c3cc4cccc(OC)c4oc3=O)o2)c1. The van der Waals surface area contributed by atoms with Gasteiger partial charge in [-0.15, -0.1) is 10.2 Å². The molecule has 0 spiro atoms. The Labute approximate surface area is 147 Å². The van der Waals surface area contributed by atoms with Crippen LogP contribution in [-0.4, -0.2) is 24.4 Å². The lowest BCUT2D eigenvalue weighted by Crippen LogP contribution is -2.03. The van der Waals surface area contributed by atoms with Gasteiger partial charge >= 0.3 is 5.63 Å². The number of hydrogen-bond acceptors (Lipinski definition) is 7. The minimum atomic E-state index is -0.581. The van der Waals surface area contributed by atoms with Crippen LogP contribution in [0.3, 0.4) is 0 Å². The van der Waals surface area contributed by atoms with E-state index in [1.165, 1.54) is 7.11 Å². The van der Waals surface area contributed by atoms with Crippen LogP contribution in [0, 0.1) is 0 Å². The summed E-state index contributed by atoms with van der Waals surface area (Å²) in [5.74, 6) is 1.51. The lowest BCUT2D eigenvalue weighted by Gasteiger charge is -2.04. The predicted molar refractivity (Wildman–Crippen MR) is 94.3 cm³/mol.